The van der Waals surface area contributed by atoms with Crippen molar-refractivity contribution in [2.75, 3.05) is 5.73 Å². The number of nitrogens with two attached hydrogens (primary N) is 2. The molecular weight excluding hydrogens is 216 g/mol. The lowest BCUT2D eigenvalue weighted by atomic mass is 10.1. The average Bonchev–Trinajstić information content (AvgIpc) is 2.58. The number of hydrogen-bond acceptors (Lipinski definition) is 4. The van der Waals surface area contributed by atoms with Gasteiger partial charge in [0.2, 0.25) is 0 Å². The van der Waals surface area contributed by atoms with E-state index in [4.69, 9.17) is 16.6 Å². The second-order valence-corrected chi connectivity index (χ2v) is 4.69. The van der Waals surface area contributed by atoms with Crippen LogP contribution < -0.4 is 11.5 Å². The van der Waals surface area contributed by atoms with Crippen LogP contribution in [0.2, 0.25) is 0 Å². The monoisotopic (exact) mass is 226 g/mol. The predicted octanol–water partition coefficient (Wildman–Crippen LogP) is 0.229. The minimum Gasteiger partial charge on any atom is -0.481 e. The summed E-state index contributed by atoms with van der Waals surface area (Å²) in [6.07, 6.45) is 0.809. The highest BCUT2D eigenvalue weighted by Gasteiger charge is 2.33. The van der Waals surface area contributed by atoms with Crippen LogP contribution in [0.4, 0.5) is 5.00 Å². The maximum absolute atomic E-state index is 11.1. The van der Waals surface area contributed by atoms with Crippen molar-refractivity contribution in [3.63, 3.8) is 0 Å². The van der Waals surface area contributed by atoms with E-state index in [1.54, 1.807) is 0 Å². The number of primary amides is 1. The van der Waals surface area contributed by atoms with Crippen molar-refractivity contribution in [3.05, 3.63) is 16.0 Å². The molecule has 0 radical (unpaired) electrons. The van der Waals surface area contributed by atoms with Crippen molar-refractivity contribution < 1.29 is 14.7 Å². The van der Waals surface area contributed by atoms with E-state index >= 15 is 0 Å². The fourth-order valence-electron chi connectivity index (χ4n) is 1.90. The van der Waals surface area contributed by atoms with E-state index in [-0.39, 0.29) is 0 Å². The Morgan fingerprint density at radius 2 is 2.07 bits per heavy atom. The molecule has 15 heavy (non-hydrogen) atoms. The van der Waals surface area contributed by atoms with Gasteiger partial charge in [0, 0.05) is 4.88 Å². The van der Waals surface area contributed by atoms with Crippen LogP contribution in [0.3, 0.4) is 0 Å². The Labute approximate surface area is 89.7 Å². The van der Waals surface area contributed by atoms with E-state index in [0.717, 1.165) is 10.4 Å². The molecule has 0 saturated carbocycles. The Kier molecular flexibility index (Phi) is 2.15. The Balaban J connectivity index is 2.41. The minimum atomic E-state index is -0.840. The van der Waals surface area contributed by atoms with Gasteiger partial charge in [-0.3, -0.25) is 9.59 Å². The molecule has 0 saturated heterocycles. The summed E-state index contributed by atoms with van der Waals surface area (Å²) in [5.41, 5.74) is 11.9. The second kappa shape index (κ2) is 3.23. The van der Waals surface area contributed by atoms with E-state index in [1.165, 1.54) is 11.3 Å². The molecule has 5 N–H and O–H groups in total. The zero-order chi connectivity index (χ0) is 11.2. The first-order valence-corrected chi connectivity index (χ1v) is 5.25. The largest absolute Gasteiger partial charge is 0.481 e. The van der Waals surface area contributed by atoms with Crippen LogP contribution in [-0.2, 0) is 17.6 Å². The number of aliphatic carboxylic acids is 1. The first-order valence-electron chi connectivity index (χ1n) is 4.43. The zero-order valence-corrected chi connectivity index (χ0v) is 8.63. The molecule has 1 atom stereocenters. The van der Waals surface area contributed by atoms with Crippen LogP contribution in [-0.4, -0.2) is 17.0 Å². The molecule has 1 aromatic rings. The lowest BCUT2D eigenvalue weighted by molar-refractivity contribution is -0.141. The lowest BCUT2D eigenvalue weighted by Crippen LogP contribution is -2.16. The number of thiophene rings is 1. The molecule has 1 heterocycles. The van der Waals surface area contributed by atoms with E-state index in [9.17, 15) is 9.59 Å². The fourth-order valence-corrected chi connectivity index (χ4v) is 3.09. The van der Waals surface area contributed by atoms with Crippen LogP contribution >= 0.6 is 11.3 Å². The van der Waals surface area contributed by atoms with Crippen molar-refractivity contribution in [1.29, 1.82) is 0 Å². The van der Waals surface area contributed by atoms with Crippen LogP contribution in [0.15, 0.2) is 0 Å². The van der Waals surface area contributed by atoms with Crippen LogP contribution in [0.25, 0.3) is 0 Å². The smallest absolute Gasteiger partial charge is 0.307 e. The summed E-state index contributed by atoms with van der Waals surface area (Å²) in [7, 11) is 0. The standard InChI is InChI=1S/C9H10N2O3S/c10-7(12)6-4-1-3(9(13)14)2-5(4)15-8(6)11/h3H,1-2,11H2,(H2,10,12)(H,13,14). The molecule has 1 amide bonds. The Hall–Kier alpha value is -1.56. The molecule has 0 aliphatic heterocycles. The summed E-state index contributed by atoms with van der Waals surface area (Å²) in [4.78, 5) is 22.8. The topological polar surface area (TPSA) is 106 Å². The number of rotatable bonds is 2. The van der Waals surface area contributed by atoms with Crippen molar-refractivity contribution in [2.45, 2.75) is 12.8 Å². The number of carbonyl (C=O) groups is 2. The number of hydrogen-bond donors (Lipinski definition) is 3. The molecule has 1 aliphatic carbocycles. The molecule has 0 aromatic carbocycles. The SMILES string of the molecule is NC(=O)c1c(N)sc2c1CC(C(=O)O)C2. The molecule has 5 nitrogen and oxygen atoms in total. The molecule has 1 aliphatic rings. The highest BCUT2D eigenvalue weighted by atomic mass is 32.1. The molecule has 1 unspecified atom stereocenters. The summed E-state index contributed by atoms with van der Waals surface area (Å²) < 4.78 is 0. The number of nitrogen functional groups attached to an aromatic ring is 1. The number of carboxylic acid groups (broad SMARTS) is 1. The molecular formula is C9H10N2O3S. The third-order valence-corrected chi connectivity index (χ3v) is 3.68. The Morgan fingerprint density at radius 1 is 1.40 bits per heavy atom. The normalized spacial score (nSPS) is 18.8. The van der Waals surface area contributed by atoms with E-state index in [1.807, 2.05) is 0 Å². The van der Waals surface area contributed by atoms with Gasteiger partial charge in [-0.25, -0.2) is 0 Å². The van der Waals surface area contributed by atoms with E-state index < -0.39 is 17.8 Å². The van der Waals surface area contributed by atoms with Gasteiger partial charge in [-0.2, -0.15) is 0 Å². The Bertz CT molecular complexity index is 452. The second-order valence-electron chi connectivity index (χ2n) is 3.55. The van der Waals surface area contributed by atoms with Crippen molar-refractivity contribution >= 4 is 28.2 Å². The highest BCUT2D eigenvalue weighted by Crippen LogP contribution is 2.39. The first-order chi connectivity index (χ1) is 7.00. The van der Waals surface area contributed by atoms with Gasteiger partial charge in [0.05, 0.1) is 16.5 Å². The third-order valence-electron chi connectivity index (χ3n) is 2.60. The zero-order valence-electron chi connectivity index (χ0n) is 7.82. The van der Waals surface area contributed by atoms with Gasteiger partial charge in [-0.15, -0.1) is 11.3 Å². The van der Waals surface area contributed by atoms with Crippen molar-refractivity contribution in [1.82, 2.24) is 0 Å². The summed E-state index contributed by atoms with van der Waals surface area (Å²) in [5.74, 6) is -1.85. The number of carbonyl (C=O) groups excluding carboxylic acids is 1. The fraction of sp³-hybridized carbons (Fsp3) is 0.333. The predicted molar refractivity (Wildman–Crippen MR) is 55.8 cm³/mol. The number of carboxylic acids is 1. The molecule has 0 fully saturated rings. The minimum absolute atomic E-state index is 0.318. The molecule has 0 bridgehead atoms. The van der Waals surface area contributed by atoms with Gasteiger partial charge >= 0.3 is 5.97 Å². The van der Waals surface area contributed by atoms with Gasteiger partial charge in [0.1, 0.15) is 0 Å². The number of fused-ring (bicyclic) bond motifs is 1. The Morgan fingerprint density at radius 3 is 2.60 bits per heavy atom. The van der Waals surface area contributed by atoms with Crippen LogP contribution in [0.5, 0.6) is 0 Å². The van der Waals surface area contributed by atoms with Gasteiger partial charge < -0.3 is 16.6 Å². The maximum atomic E-state index is 11.1. The maximum Gasteiger partial charge on any atom is 0.307 e. The highest BCUT2D eigenvalue weighted by molar-refractivity contribution is 7.16. The van der Waals surface area contributed by atoms with Crippen LogP contribution in [0.1, 0.15) is 20.8 Å². The van der Waals surface area contributed by atoms with Gasteiger partial charge in [0.25, 0.3) is 5.91 Å². The van der Waals surface area contributed by atoms with Crippen LogP contribution in [0, 0.1) is 5.92 Å². The molecule has 2 rings (SSSR count). The first kappa shape index (κ1) is 9.97. The van der Waals surface area contributed by atoms with Gasteiger partial charge in [0.15, 0.2) is 0 Å². The lowest BCUT2D eigenvalue weighted by Gasteiger charge is -2.02. The van der Waals surface area contributed by atoms with E-state index in [0.29, 0.717) is 23.4 Å². The van der Waals surface area contributed by atoms with Crippen molar-refractivity contribution in [2.24, 2.45) is 11.7 Å². The quantitative estimate of drug-likeness (QED) is 0.671. The number of anilines is 1. The summed E-state index contributed by atoms with van der Waals surface area (Å²) >= 11 is 1.27. The summed E-state index contributed by atoms with van der Waals surface area (Å²) in [6.45, 7) is 0. The van der Waals surface area contributed by atoms with E-state index in [2.05, 4.69) is 0 Å². The van der Waals surface area contributed by atoms with Crippen molar-refractivity contribution in [3.8, 4) is 0 Å². The third kappa shape index (κ3) is 1.46. The molecule has 6 heteroatoms. The molecule has 1 aromatic heterocycles. The average molecular weight is 226 g/mol. The molecule has 0 spiro atoms. The summed E-state index contributed by atoms with van der Waals surface area (Å²) in [6, 6.07) is 0. The van der Waals surface area contributed by atoms with Gasteiger partial charge in [-0.05, 0) is 18.4 Å². The van der Waals surface area contributed by atoms with Gasteiger partial charge in [-0.1, -0.05) is 0 Å². The summed E-state index contributed by atoms with van der Waals surface area (Å²) in [5, 5.41) is 9.26. The molecule has 80 valence electrons. The number of amides is 1.